The standard InChI is InChI=1S/C16H16BrClO/c1-11(9-12-5-7-15(18)8-6-12)16(19)13-3-2-4-14(17)10-13/h2-8,10-11,16,19H,9H2,1H3. The van der Waals surface area contributed by atoms with Crippen molar-refractivity contribution in [1.82, 2.24) is 0 Å². The van der Waals surface area contributed by atoms with Crippen molar-refractivity contribution in [1.29, 1.82) is 0 Å². The number of benzene rings is 2. The van der Waals surface area contributed by atoms with Crippen LogP contribution in [0.15, 0.2) is 53.0 Å². The lowest BCUT2D eigenvalue weighted by molar-refractivity contribution is 0.117. The molecule has 0 amide bonds. The number of hydrogen-bond donors (Lipinski definition) is 1. The molecular weight excluding hydrogens is 324 g/mol. The zero-order chi connectivity index (χ0) is 13.8. The molecule has 3 heteroatoms. The summed E-state index contributed by atoms with van der Waals surface area (Å²) >= 11 is 9.30. The summed E-state index contributed by atoms with van der Waals surface area (Å²) < 4.78 is 0.989. The first-order valence-corrected chi connectivity index (χ1v) is 7.41. The highest BCUT2D eigenvalue weighted by atomic mass is 79.9. The lowest BCUT2D eigenvalue weighted by Gasteiger charge is -2.19. The molecule has 2 aromatic rings. The molecule has 19 heavy (non-hydrogen) atoms. The Bertz CT molecular complexity index is 539. The van der Waals surface area contributed by atoms with Crippen LogP contribution < -0.4 is 0 Å². The average Bonchev–Trinajstić information content (AvgIpc) is 2.40. The lowest BCUT2D eigenvalue weighted by Crippen LogP contribution is -2.12. The molecule has 0 heterocycles. The van der Waals surface area contributed by atoms with Gasteiger partial charge in [0.15, 0.2) is 0 Å². The Labute approximate surface area is 127 Å². The lowest BCUT2D eigenvalue weighted by atomic mass is 9.91. The number of halogens is 2. The van der Waals surface area contributed by atoms with Gasteiger partial charge in [-0.2, -0.15) is 0 Å². The second-order valence-corrected chi connectivity index (χ2v) is 6.16. The molecule has 0 saturated heterocycles. The zero-order valence-electron chi connectivity index (χ0n) is 10.7. The Hall–Kier alpha value is -0.830. The Morgan fingerprint density at radius 3 is 2.47 bits per heavy atom. The summed E-state index contributed by atoms with van der Waals surface area (Å²) in [6.45, 7) is 2.06. The first-order valence-electron chi connectivity index (χ1n) is 6.24. The highest BCUT2D eigenvalue weighted by Crippen LogP contribution is 2.27. The number of aliphatic hydroxyl groups is 1. The van der Waals surface area contributed by atoms with Gasteiger partial charge in [-0.3, -0.25) is 0 Å². The fourth-order valence-electron chi connectivity index (χ4n) is 2.12. The maximum Gasteiger partial charge on any atom is 0.0819 e. The molecule has 0 spiro atoms. The van der Waals surface area contributed by atoms with Gasteiger partial charge in [-0.15, -0.1) is 0 Å². The van der Waals surface area contributed by atoms with Crippen molar-refractivity contribution in [2.75, 3.05) is 0 Å². The Morgan fingerprint density at radius 2 is 1.84 bits per heavy atom. The van der Waals surface area contributed by atoms with Crippen LogP contribution in [-0.2, 0) is 6.42 Å². The van der Waals surface area contributed by atoms with E-state index in [9.17, 15) is 5.11 Å². The van der Waals surface area contributed by atoms with Crippen LogP contribution in [0.2, 0.25) is 5.02 Å². The van der Waals surface area contributed by atoms with E-state index >= 15 is 0 Å². The van der Waals surface area contributed by atoms with Gasteiger partial charge in [-0.05, 0) is 47.7 Å². The third-order valence-electron chi connectivity index (χ3n) is 3.20. The molecule has 0 aliphatic carbocycles. The second-order valence-electron chi connectivity index (χ2n) is 4.81. The molecule has 0 aliphatic heterocycles. The first kappa shape index (κ1) is 14.6. The number of aliphatic hydroxyl groups excluding tert-OH is 1. The minimum absolute atomic E-state index is 0.149. The monoisotopic (exact) mass is 338 g/mol. The molecule has 1 nitrogen and oxygen atoms in total. The molecule has 2 aromatic carbocycles. The third kappa shape index (κ3) is 4.07. The van der Waals surface area contributed by atoms with Crippen molar-refractivity contribution >= 4 is 27.5 Å². The highest BCUT2D eigenvalue weighted by molar-refractivity contribution is 9.10. The summed E-state index contributed by atoms with van der Waals surface area (Å²) in [6, 6.07) is 15.6. The van der Waals surface area contributed by atoms with Crippen LogP contribution in [-0.4, -0.2) is 5.11 Å². The molecule has 0 aliphatic rings. The van der Waals surface area contributed by atoms with Gasteiger partial charge in [0.05, 0.1) is 6.10 Å². The van der Waals surface area contributed by atoms with Gasteiger partial charge in [0, 0.05) is 9.50 Å². The van der Waals surface area contributed by atoms with Gasteiger partial charge < -0.3 is 5.11 Å². The maximum atomic E-state index is 10.4. The van der Waals surface area contributed by atoms with Gasteiger partial charge in [0.1, 0.15) is 0 Å². The van der Waals surface area contributed by atoms with Crippen molar-refractivity contribution in [2.24, 2.45) is 5.92 Å². The second kappa shape index (κ2) is 6.56. The van der Waals surface area contributed by atoms with Crippen molar-refractivity contribution in [3.63, 3.8) is 0 Å². The predicted octanol–water partition coefficient (Wildman–Crippen LogP) is 5.01. The summed E-state index contributed by atoms with van der Waals surface area (Å²) in [6.07, 6.45) is 0.360. The SMILES string of the molecule is CC(Cc1ccc(Cl)cc1)C(O)c1cccc(Br)c1. The molecule has 2 unspecified atom stereocenters. The largest absolute Gasteiger partial charge is 0.388 e. The van der Waals surface area contributed by atoms with Gasteiger partial charge in [-0.1, -0.05) is 58.7 Å². The van der Waals surface area contributed by atoms with Gasteiger partial charge in [0.2, 0.25) is 0 Å². The minimum atomic E-state index is -0.465. The summed E-state index contributed by atoms with van der Waals surface area (Å²) in [4.78, 5) is 0. The van der Waals surface area contributed by atoms with Gasteiger partial charge >= 0.3 is 0 Å². The van der Waals surface area contributed by atoms with Crippen molar-refractivity contribution in [3.8, 4) is 0 Å². The van der Waals surface area contributed by atoms with Crippen LogP contribution in [0.25, 0.3) is 0 Å². The predicted molar refractivity (Wildman–Crippen MR) is 83.4 cm³/mol. The van der Waals surface area contributed by atoms with E-state index in [1.165, 1.54) is 5.56 Å². The number of rotatable bonds is 4. The van der Waals surface area contributed by atoms with Gasteiger partial charge in [-0.25, -0.2) is 0 Å². The summed E-state index contributed by atoms with van der Waals surface area (Å²) in [5, 5.41) is 11.1. The molecule has 0 saturated carbocycles. The van der Waals surface area contributed by atoms with Crippen LogP contribution in [0.4, 0.5) is 0 Å². The Balaban J connectivity index is 2.07. The van der Waals surface area contributed by atoms with Gasteiger partial charge in [0.25, 0.3) is 0 Å². The topological polar surface area (TPSA) is 20.2 Å². The van der Waals surface area contributed by atoms with E-state index in [4.69, 9.17) is 11.6 Å². The molecule has 100 valence electrons. The quantitative estimate of drug-likeness (QED) is 0.829. The van der Waals surface area contributed by atoms with Crippen LogP contribution in [0, 0.1) is 5.92 Å². The van der Waals surface area contributed by atoms with E-state index in [1.54, 1.807) is 0 Å². The van der Waals surface area contributed by atoms with Crippen LogP contribution in [0.5, 0.6) is 0 Å². The first-order chi connectivity index (χ1) is 9.06. The molecule has 2 rings (SSSR count). The molecule has 0 radical (unpaired) electrons. The summed E-state index contributed by atoms with van der Waals surface area (Å²) in [5.74, 6) is 0.149. The van der Waals surface area contributed by atoms with E-state index < -0.39 is 6.10 Å². The smallest absolute Gasteiger partial charge is 0.0819 e. The maximum absolute atomic E-state index is 10.4. The van der Waals surface area contributed by atoms with Crippen LogP contribution in [0.1, 0.15) is 24.2 Å². The molecule has 2 atom stereocenters. The minimum Gasteiger partial charge on any atom is -0.388 e. The molecule has 0 bridgehead atoms. The fourth-order valence-corrected chi connectivity index (χ4v) is 2.67. The average molecular weight is 340 g/mol. The van der Waals surface area contributed by atoms with Crippen LogP contribution in [0.3, 0.4) is 0 Å². The van der Waals surface area contributed by atoms with Crippen molar-refractivity contribution in [3.05, 3.63) is 69.2 Å². The highest BCUT2D eigenvalue weighted by Gasteiger charge is 2.17. The van der Waals surface area contributed by atoms with Crippen molar-refractivity contribution in [2.45, 2.75) is 19.4 Å². The summed E-state index contributed by atoms with van der Waals surface area (Å²) in [5.41, 5.74) is 2.13. The van der Waals surface area contributed by atoms with E-state index in [1.807, 2.05) is 48.5 Å². The summed E-state index contributed by atoms with van der Waals surface area (Å²) in [7, 11) is 0. The van der Waals surface area contributed by atoms with E-state index in [-0.39, 0.29) is 5.92 Å². The molecular formula is C16H16BrClO. The molecule has 1 N–H and O–H groups in total. The normalized spacial score (nSPS) is 14.1. The number of hydrogen-bond acceptors (Lipinski definition) is 1. The Kier molecular flexibility index (Phi) is 5.03. The molecule has 0 fully saturated rings. The zero-order valence-corrected chi connectivity index (χ0v) is 13.0. The molecule has 0 aromatic heterocycles. The fraction of sp³-hybridized carbons (Fsp3) is 0.250. The van der Waals surface area contributed by atoms with E-state index in [0.29, 0.717) is 0 Å². The third-order valence-corrected chi connectivity index (χ3v) is 3.95. The Morgan fingerprint density at radius 1 is 1.16 bits per heavy atom. The van der Waals surface area contributed by atoms with E-state index in [2.05, 4.69) is 22.9 Å². The van der Waals surface area contributed by atoms with E-state index in [0.717, 1.165) is 21.5 Å². The van der Waals surface area contributed by atoms with Crippen molar-refractivity contribution < 1.29 is 5.11 Å². The van der Waals surface area contributed by atoms with Crippen LogP contribution >= 0.6 is 27.5 Å².